The molecule has 0 saturated carbocycles. The van der Waals surface area contributed by atoms with Gasteiger partial charge in [0, 0.05) is 12.4 Å². The van der Waals surface area contributed by atoms with Crippen LogP contribution in [0.4, 0.5) is 0 Å². The highest BCUT2D eigenvalue weighted by atomic mass is 16.4. The molecule has 2 N–H and O–H groups in total. The molecule has 0 aliphatic heterocycles. The maximum Gasteiger partial charge on any atom is 0.320 e. The normalized spacial score (nSPS) is 12.6. The third-order valence-corrected chi connectivity index (χ3v) is 3.25. The van der Waals surface area contributed by atoms with Gasteiger partial charge < -0.3 is 5.11 Å². The van der Waals surface area contributed by atoms with Crippen LogP contribution >= 0.6 is 0 Å². The van der Waals surface area contributed by atoms with Crippen molar-refractivity contribution in [3.8, 4) is 0 Å². The summed E-state index contributed by atoms with van der Waals surface area (Å²) < 4.78 is 0. The lowest BCUT2D eigenvalue weighted by atomic mass is 10.0. The van der Waals surface area contributed by atoms with E-state index in [9.17, 15) is 9.90 Å². The van der Waals surface area contributed by atoms with Crippen LogP contribution in [0.3, 0.4) is 0 Å². The second-order valence-electron chi connectivity index (χ2n) is 5.17. The third kappa shape index (κ3) is 3.86. The standard InChI is InChI=1S/C16H19N3O2/c1-11(2)14(16(20)21)19-15(12-7-3-5-9-17-12)13-8-4-6-10-18-13/h3-11,14-15,19H,1-2H3,(H,20,21)/t14-/m1/s1. The summed E-state index contributed by atoms with van der Waals surface area (Å²) in [5.41, 5.74) is 1.51. The van der Waals surface area contributed by atoms with Gasteiger partial charge in [-0.05, 0) is 30.2 Å². The molecule has 0 aromatic carbocycles. The van der Waals surface area contributed by atoms with Crippen molar-refractivity contribution < 1.29 is 9.90 Å². The minimum absolute atomic E-state index is 0.0441. The number of rotatable bonds is 6. The Balaban J connectivity index is 2.35. The second kappa shape index (κ2) is 6.95. The molecule has 5 heteroatoms. The first kappa shape index (κ1) is 15.1. The van der Waals surface area contributed by atoms with Crippen molar-refractivity contribution in [2.24, 2.45) is 5.92 Å². The van der Waals surface area contributed by atoms with Gasteiger partial charge in [0.2, 0.25) is 0 Å². The zero-order chi connectivity index (χ0) is 15.2. The Morgan fingerprint density at radius 1 is 1.05 bits per heavy atom. The monoisotopic (exact) mass is 285 g/mol. The molecule has 5 nitrogen and oxygen atoms in total. The van der Waals surface area contributed by atoms with E-state index < -0.39 is 12.0 Å². The van der Waals surface area contributed by atoms with Crippen LogP contribution in [0, 0.1) is 5.92 Å². The fraction of sp³-hybridized carbons (Fsp3) is 0.312. The fourth-order valence-corrected chi connectivity index (χ4v) is 2.14. The number of hydrogen-bond donors (Lipinski definition) is 2. The Labute approximate surface area is 124 Å². The lowest BCUT2D eigenvalue weighted by Gasteiger charge is -2.25. The van der Waals surface area contributed by atoms with Crippen molar-refractivity contribution in [3.05, 3.63) is 60.2 Å². The predicted octanol–water partition coefficient (Wildman–Crippen LogP) is 2.26. The van der Waals surface area contributed by atoms with Crippen LogP contribution in [-0.2, 0) is 4.79 Å². The van der Waals surface area contributed by atoms with Gasteiger partial charge in [-0.3, -0.25) is 20.1 Å². The van der Waals surface area contributed by atoms with E-state index in [1.54, 1.807) is 12.4 Å². The molecule has 2 aromatic rings. The number of aliphatic carboxylic acids is 1. The molecule has 0 aliphatic rings. The molecule has 0 saturated heterocycles. The summed E-state index contributed by atoms with van der Waals surface area (Å²) in [4.78, 5) is 20.1. The highest BCUT2D eigenvalue weighted by Gasteiger charge is 2.27. The first-order valence-corrected chi connectivity index (χ1v) is 6.90. The summed E-state index contributed by atoms with van der Waals surface area (Å²) in [7, 11) is 0. The molecule has 0 aliphatic carbocycles. The van der Waals surface area contributed by atoms with Crippen LogP contribution in [0.2, 0.25) is 0 Å². The van der Waals surface area contributed by atoms with Gasteiger partial charge in [0.1, 0.15) is 6.04 Å². The third-order valence-electron chi connectivity index (χ3n) is 3.25. The van der Waals surface area contributed by atoms with E-state index in [0.29, 0.717) is 0 Å². The van der Waals surface area contributed by atoms with Crippen molar-refractivity contribution in [3.63, 3.8) is 0 Å². The average molecular weight is 285 g/mol. The molecule has 0 amide bonds. The number of pyridine rings is 2. The Hall–Kier alpha value is -2.27. The summed E-state index contributed by atoms with van der Waals surface area (Å²) in [6, 6.07) is 10.1. The molecule has 1 atom stereocenters. The van der Waals surface area contributed by atoms with Crippen molar-refractivity contribution in [1.29, 1.82) is 0 Å². The number of nitrogens with zero attached hydrogens (tertiary/aromatic N) is 2. The van der Waals surface area contributed by atoms with E-state index in [-0.39, 0.29) is 12.0 Å². The van der Waals surface area contributed by atoms with Crippen LogP contribution in [0.1, 0.15) is 31.3 Å². The summed E-state index contributed by atoms with van der Waals surface area (Å²) in [5, 5.41) is 12.5. The van der Waals surface area contributed by atoms with Crippen LogP contribution in [0.15, 0.2) is 48.8 Å². The quantitative estimate of drug-likeness (QED) is 0.851. The highest BCUT2D eigenvalue weighted by Crippen LogP contribution is 2.20. The average Bonchev–Trinajstić information content (AvgIpc) is 2.49. The van der Waals surface area contributed by atoms with Crippen LogP contribution in [0.5, 0.6) is 0 Å². The zero-order valence-electron chi connectivity index (χ0n) is 12.1. The van der Waals surface area contributed by atoms with E-state index in [0.717, 1.165) is 11.4 Å². The van der Waals surface area contributed by atoms with Gasteiger partial charge in [-0.15, -0.1) is 0 Å². The van der Waals surface area contributed by atoms with Crippen LogP contribution in [-0.4, -0.2) is 27.1 Å². The molecule has 0 bridgehead atoms. The molecule has 0 spiro atoms. The summed E-state index contributed by atoms with van der Waals surface area (Å²) in [5.74, 6) is -0.917. The van der Waals surface area contributed by atoms with E-state index in [4.69, 9.17) is 0 Å². The molecule has 110 valence electrons. The zero-order valence-corrected chi connectivity index (χ0v) is 12.1. The van der Waals surface area contributed by atoms with Gasteiger partial charge in [-0.25, -0.2) is 0 Å². The van der Waals surface area contributed by atoms with Gasteiger partial charge in [0.15, 0.2) is 0 Å². The molecule has 0 radical (unpaired) electrons. The lowest BCUT2D eigenvalue weighted by Crippen LogP contribution is -2.43. The smallest absolute Gasteiger partial charge is 0.320 e. The largest absolute Gasteiger partial charge is 0.480 e. The molecule has 0 unspecified atom stereocenters. The van der Waals surface area contributed by atoms with E-state index in [1.807, 2.05) is 50.2 Å². The van der Waals surface area contributed by atoms with Gasteiger partial charge in [-0.2, -0.15) is 0 Å². The first-order valence-electron chi connectivity index (χ1n) is 6.90. The molecular formula is C16H19N3O2. The van der Waals surface area contributed by atoms with Crippen molar-refractivity contribution >= 4 is 5.97 Å². The highest BCUT2D eigenvalue weighted by molar-refractivity contribution is 5.73. The Morgan fingerprint density at radius 2 is 1.57 bits per heavy atom. The number of carboxylic acids is 1. The Morgan fingerprint density at radius 3 is 1.90 bits per heavy atom. The van der Waals surface area contributed by atoms with Crippen molar-refractivity contribution in [2.75, 3.05) is 0 Å². The summed E-state index contributed by atoms with van der Waals surface area (Å²) in [6.45, 7) is 3.75. The minimum atomic E-state index is -0.873. The molecule has 2 aromatic heterocycles. The molecule has 21 heavy (non-hydrogen) atoms. The SMILES string of the molecule is CC(C)[C@@H](NC(c1ccccn1)c1ccccn1)C(=O)O. The Kier molecular flexibility index (Phi) is 5.00. The Bertz CT molecular complexity index is 533. The molecule has 0 fully saturated rings. The summed E-state index contributed by atoms with van der Waals surface area (Å²) in [6.07, 6.45) is 3.39. The van der Waals surface area contributed by atoms with Crippen LogP contribution in [0.25, 0.3) is 0 Å². The molecule has 2 rings (SSSR count). The minimum Gasteiger partial charge on any atom is -0.480 e. The van der Waals surface area contributed by atoms with Gasteiger partial charge in [-0.1, -0.05) is 26.0 Å². The van der Waals surface area contributed by atoms with Gasteiger partial charge in [0.25, 0.3) is 0 Å². The van der Waals surface area contributed by atoms with Gasteiger partial charge >= 0.3 is 5.97 Å². The number of carboxylic acid groups (broad SMARTS) is 1. The van der Waals surface area contributed by atoms with Crippen LogP contribution < -0.4 is 5.32 Å². The summed E-state index contributed by atoms with van der Waals surface area (Å²) >= 11 is 0. The topological polar surface area (TPSA) is 75.1 Å². The molecular weight excluding hydrogens is 266 g/mol. The molecule has 2 heterocycles. The maximum atomic E-state index is 11.4. The van der Waals surface area contributed by atoms with Crippen molar-refractivity contribution in [2.45, 2.75) is 25.9 Å². The van der Waals surface area contributed by atoms with Gasteiger partial charge in [0.05, 0.1) is 17.4 Å². The van der Waals surface area contributed by atoms with E-state index in [1.165, 1.54) is 0 Å². The number of hydrogen-bond acceptors (Lipinski definition) is 4. The number of nitrogens with one attached hydrogen (secondary N) is 1. The maximum absolute atomic E-state index is 11.4. The van der Waals surface area contributed by atoms with E-state index in [2.05, 4.69) is 15.3 Å². The number of aromatic nitrogens is 2. The second-order valence-corrected chi connectivity index (χ2v) is 5.17. The fourth-order valence-electron chi connectivity index (χ4n) is 2.14. The lowest BCUT2D eigenvalue weighted by molar-refractivity contribution is -0.140. The number of carbonyl (C=O) groups is 1. The van der Waals surface area contributed by atoms with Crippen molar-refractivity contribution in [1.82, 2.24) is 15.3 Å². The predicted molar refractivity (Wildman–Crippen MR) is 79.7 cm³/mol. The first-order chi connectivity index (χ1) is 10.1. The van der Waals surface area contributed by atoms with E-state index >= 15 is 0 Å².